The second-order valence-electron chi connectivity index (χ2n) is 4.36. The number of amides is 1. The molecule has 2 aromatic rings. The second kappa shape index (κ2) is 4.90. The fraction of sp³-hybridized carbons (Fsp3) is 0.231. The van der Waals surface area contributed by atoms with Crippen LogP contribution < -0.4 is 5.32 Å². The number of halogens is 1. The van der Waals surface area contributed by atoms with Crippen molar-refractivity contribution in [3.8, 4) is 0 Å². The van der Waals surface area contributed by atoms with Gasteiger partial charge in [-0.15, -0.1) is 11.8 Å². The Morgan fingerprint density at radius 3 is 2.89 bits per heavy atom. The van der Waals surface area contributed by atoms with Crippen LogP contribution in [0.4, 0.5) is 5.82 Å². The predicted octanol–water partition coefficient (Wildman–Crippen LogP) is 2.85. The lowest BCUT2D eigenvalue weighted by Crippen LogP contribution is -2.15. The number of carbonyl (C=O) groups is 1. The number of rotatable bonds is 1. The summed E-state index contributed by atoms with van der Waals surface area (Å²) in [5, 5.41) is 7.93. The Bertz CT molecular complexity index is 623. The van der Waals surface area contributed by atoms with Gasteiger partial charge in [-0.1, -0.05) is 23.7 Å². The molecule has 1 aliphatic rings. The number of thioether (sulfide) groups is 1. The number of nitrogens with zero attached hydrogens (tertiary/aromatic N) is 2. The van der Waals surface area contributed by atoms with Crippen LogP contribution in [-0.4, -0.2) is 21.4 Å². The molecule has 1 aromatic heterocycles. The smallest absolute Gasteiger partial charge is 0.235 e. The van der Waals surface area contributed by atoms with Gasteiger partial charge in [0.1, 0.15) is 5.82 Å². The van der Waals surface area contributed by atoms with Crippen LogP contribution in [0.15, 0.2) is 30.5 Å². The van der Waals surface area contributed by atoms with Gasteiger partial charge in [-0.2, -0.15) is 5.10 Å². The minimum atomic E-state index is 0.00585. The standard InChI is InChI=1S/C13H12ClN3OS/c1-17-13-10(6-15-17)12(19-7-11(18)16-13)8-2-4-9(14)5-3-8/h2-6,12H,7H2,1H3,(H,16,18). The molecular weight excluding hydrogens is 282 g/mol. The zero-order valence-corrected chi connectivity index (χ0v) is 11.8. The zero-order valence-electron chi connectivity index (χ0n) is 10.3. The number of hydrogen-bond donors (Lipinski definition) is 1. The first-order valence-electron chi connectivity index (χ1n) is 5.84. The molecule has 0 radical (unpaired) electrons. The number of aromatic nitrogens is 2. The quantitative estimate of drug-likeness (QED) is 0.879. The molecule has 0 fully saturated rings. The van der Waals surface area contributed by atoms with Gasteiger partial charge in [-0.25, -0.2) is 0 Å². The highest BCUT2D eigenvalue weighted by molar-refractivity contribution is 8.00. The third kappa shape index (κ3) is 2.35. The van der Waals surface area contributed by atoms with Crippen LogP contribution in [0.5, 0.6) is 0 Å². The normalized spacial score (nSPS) is 18.6. The molecule has 1 aliphatic heterocycles. The molecule has 1 N–H and O–H groups in total. The number of fused-ring (bicyclic) bond motifs is 1. The fourth-order valence-electron chi connectivity index (χ4n) is 2.13. The number of anilines is 1. The highest BCUT2D eigenvalue weighted by atomic mass is 35.5. The summed E-state index contributed by atoms with van der Waals surface area (Å²) in [5.41, 5.74) is 2.15. The Morgan fingerprint density at radius 1 is 1.42 bits per heavy atom. The summed E-state index contributed by atoms with van der Waals surface area (Å²) in [6.07, 6.45) is 1.81. The molecule has 0 saturated carbocycles. The van der Waals surface area contributed by atoms with Gasteiger partial charge in [0.15, 0.2) is 0 Å². The Kier molecular flexibility index (Phi) is 3.24. The molecule has 1 atom stereocenters. The average Bonchev–Trinajstić information content (AvgIpc) is 2.65. The Morgan fingerprint density at radius 2 is 2.16 bits per heavy atom. The molecule has 6 heteroatoms. The lowest BCUT2D eigenvalue weighted by molar-refractivity contribution is -0.113. The van der Waals surface area contributed by atoms with Crippen molar-refractivity contribution in [2.24, 2.45) is 7.05 Å². The van der Waals surface area contributed by atoms with E-state index in [2.05, 4.69) is 10.4 Å². The van der Waals surface area contributed by atoms with E-state index >= 15 is 0 Å². The van der Waals surface area contributed by atoms with Crippen molar-refractivity contribution in [3.63, 3.8) is 0 Å². The van der Waals surface area contributed by atoms with Gasteiger partial charge in [-0.3, -0.25) is 9.48 Å². The van der Waals surface area contributed by atoms with E-state index in [0.29, 0.717) is 10.8 Å². The van der Waals surface area contributed by atoms with Crippen LogP contribution in [0, 0.1) is 0 Å². The molecule has 19 heavy (non-hydrogen) atoms. The van der Waals surface area contributed by atoms with Crippen molar-refractivity contribution >= 4 is 35.1 Å². The maximum atomic E-state index is 11.7. The first-order valence-corrected chi connectivity index (χ1v) is 7.26. The summed E-state index contributed by atoms with van der Waals surface area (Å²) in [6.45, 7) is 0. The van der Waals surface area contributed by atoms with Crippen molar-refractivity contribution in [1.82, 2.24) is 9.78 Å². The largest absolute Gasteiger partial charge is 0.310 e. The maximum absolute atomic E-state index is 11.7. The third-order valence-electron chi connectivity index (χ3n) is 3.06. The van der Waals surface area contributed by atoms with Crippen LogP contribution in [0.2, 0.25) is 5.02 Å². The molecule has 0 spiro atoms. The summed E-state index contributed by atoms with van der Waals surface area (Å²) >= 11 is 7.52. The molecule has 0 saturated heterocycles. The van der Waals surface area contributed by atoms with Gasteiger partial charge in [-0.05, 0) is 17.7 Å². The average molecular weight is 294 g/mol. The first kappa shape index (κ1) is 12.6. The molecule has 1 aromatic carbocycles. The van der Waals surface area contributed by atoms with Crippen LogP contribution in [0.25, 0.3) is 0 Å². The highest BCUT2D eigenvalue weighted by Gasteiger charge is 2.26. The number of carbonyl (C=O) groups excluding carboxylic acids is 1. The van der Waals surface area contributed by atoms with Crippen molar-refractivity contribution in [3.05, 3.63) is 46.6 Å². The second-order valence-corrected chi connectivity index (χ2v) is 5.89. The summed E-state index contributed by atoms with van der Waals surface area (Å²) in [6, 6.07) is 7.72. The van der Waals surface area contributed by atoms with Gasteiger partial charge in [0.2, 0.25) is 5.91 Å². The van der Waals surface area contributed by atoms with E-state index in [1.165, 1.54) is 0 Å². The van der Waals surface area contributed by atoms with Gasteiger partial charge in [0, 0.05) is 17.6 Å². The van der Waals surface area contributed by atoms with E-state index < -0.39 is 0 Å². The van der Waals surface area contributed by atoms with Crippen molar-refractivity contribution in [1.29, 1.82) is 0 Å². The summed E-state index contributed by atoms with van der Waals surface area (Å²) < 4.78 is 1.70. The molecule has 0 bridgehead atoms. The maximum Gasteiger partial charge on any atom is 0.235 e. The van der Waals surface area contributed by atoms with Gasteiger partial charge in [0.05, 0.1) is 17.2 Å². The van der Waals surface area contributed by atoms with Crippen molar-refractivity contribution in [2.75, 3.05) is 11.1 Å². The topological polar surface area (TPSA) is 46.9 Å². The zero-order chi connectivity index (χ0) is 13.4. The van der Waals surface area contributed by atoms with Crippen LogP contribution in [0.1, 0.15) is 16.4 Å². The van der Waals surface area contributed by atoms with Crippen LogP contribution >= 0.6 is 23.4 Å². The monoisotopic (exact) mass is 293 g/mol. The minimum absolute atomic E-state index is 0.00585. The van der Waals surface area contributed by atoms with E-state index in [0.717, 1.165) is 16.9 Å². The lowest BCUT2D eigenvalue weighted by Gasteiger charge is -2.13. The van der Waals surface area contributed by atoms with Crippen LogP contribution in [-0.2, 0) is 11.8 Å². The molecule has 98 valence electrons. The summed E-state index contributed by atoms with van der Waals surface area (Å²) in [4.78, 5) is 11.7. The van der Waals surface area contributed by atoms with E-state index in [1.807, 2.05) is 37.5 Å². The van der Waals surface area contributed by atoms with Gasteiger partial charge in [0.25, 0.3) is 0 Å². The molecule has 0 aliphatic carbocycles. The first-order chi connectivity index (χ1) is 9.15. The molecule has 1 amide bonds. The van der Waals surface area contributed by atoms with Crippen molar-refractivity contribution in [2.45, 2.75) is 5.25 Å². The number of nitrogens with one attached hydrogen (secondary N) is 1. The highest BCUT2D eigenvalue weighted by Crippen LogP contribution is 2.41. The fourth-order valence-corrected chi connectivity index (χ4v) is 3.35. The Labute approximate surface area is 120 Å². The Hall–Kier alpha value is -1.46. The van der Waals surface area contributed by atoms with Gasteiger partial charge >= 0.3 is 0 Å². The van der Waals surface area contributed by atoms with E-state index in [9.17, 15) is 4.79 Å². The molecular formula is C13H12ClN3OS. The summed E-state index contributed by atoms with van der Waals surface area (Å²) in [5.74, 6) is 1.21. The molecule has 3 rings (SSSR count). The van der Waals surface area contributed by atoms with E-state index in [1.54, 1.807) is 16.4 Å². The van der Waals surface area contributed by atoms with E-state index in [4.69, 9.17) is 11.6 Å². The van der Waals surface area contributed by atoms with Crippen LogP contribution in [0.3, 0.4) is 0 Å². The van der Waals surface area contributed by atoms with Crippen molar-refractivity contribution < 1.29 is 4.79 Å². The predicted molar refractivity (Wildman–Crippen MR) is 77.6 cm³/mol. The van der Waals surface area contributed by atoms with E-state index in [-0.39, 0.29) is 11.2 Å². The minimum Gasteiger partial charge on any atom is -0.310 e. The summed E-state index contributed by atoms with van der Waals surface area (Å²) in [7, 11) is 1.83. The lowest BCUT2D eigenvalue weighted by atomic mass is 10.1. The number of aryl methyl sites for hydroxylation is 1. The van der Waals surface area contributed by atoms with Gasteiger partial charge < -0.3 is 5.32 Å². The molecule has 1 unspecified atom stereocenters. The number of benzene rings is 1. The SMILES string of the molecule is Cn1ncc2c1NC(=O)CSC2c1ccc(Cl)cc1. The third-order valence-corrected chi connectivity index (χ3v) is 4.60. The molecule has 2 heterocycles. The number of hydrogen-bond acceptors (Lipinski definition) is 3. The molecule has 4 nitrogen and oxygen atoms in total. The Balaban J connectivity index is 2.06.